The fourth-order valence-corrected chi connectivity index (χ4v) is 3.25. The van der Waals surface area contributed by atoms with Crippen molar-refractivity contribution in [1.82, 2.24) is 9.88 Å². The van der Waals surface area contributed by atoms with Gasteiger partial charge in [-0.2, -0.15) is 0 Å². The third-order valence-corrected chi connectivity index (χ3v) is 4.43. The number of nitrogens with one attached hydrogen (secondary N) is 1. The first kappa shape index (κ1) is 14.8. The van der Waals surface area contributed by atoms with Gasteiger partial charge in [0.05, 0.1) is 6.04 Å². The van der Waals surface area contributed by atoms with Crippen LogP contribution in [0, 0.1) is 0 Å². The minimum absolute atomic E-state index is 0.114. The van der Waals surface area contributed by atoms with E-state index in [1.165, 1.54) is 27.4 Å². The maximum Gasteiger partial charge on any atom is 0.147 e. The molecule has 0 saturated heterocycles. The Kier molecular flexibility index (Phi) is 3.99. The topological polar surface area (TPSA) is 34.0 Å². The zero-order valence-corrected chi connectivity index (χ0v) is 13.4. The number of hydrogen-bond donors (Lipinski definition) is 1. The van der Waals surface area contributed by atoms with Crippen LogP contribution in [0.1, 0.15) is 19.4 Å². The number of fused-ring (bicyclic) bond motifs is 3. The molecule has 0 bridgehead atoms. The number of rotatable bonds is 5. The van der Waals surface area contributed by atoms with Gasteiger partial charge in [-0.3, -0.25) is 4.79 Å². The van der Waals surface area contributed by atoms with Crippen molar-refractivity contribution in [2.45, 2.75) is 32.9 Å². The highest BCUT2D eigenvalue weighted by molar-refractivity contribution is 6.08. The second-order valence-corrected chi connectivity index (χ2v) is 5.77. The van der Waals surface area contributed by atoms with Gasteiger partial charge in [-0.05, 0) is 51.1 Å². The normalized spacial score (nSPS) is 12.9. The van der Waals surface area contributed by atoms with Gasteiger partial charge >= 0.3 is 0 Å². The average Bonchev–Trinajstić information content (AvgIpc) is 2.85. The van der Waals surface area contributed by atoms with Crippen molar-refractivity contribution in [2.24, 2.45) is 0 Å². The fourth-order valence-electron chi connectivity index (χ4n) is 3.25. The highest BCUT2D eigenvalue weighted by atomic mass is 16.1. The number of Topliss-reactive ketones (excluding diaryl/α,β-unsaturated/α-hetero) is 1. The van der Waals surface area contributed by atoms with Gasteiger partial charge in [0, 0.05) is 28.4 Å². The van der Waals surface area contributed by atoms with Crippen LogP contribution in [0.25, 0.3) is 21.8 Å². The predicted octanol–water partition coefficient (Wildman–Crippen LogP) is 3.53. The quantitative estimate of drug-likeness (QED) is 0.781. The lowest BCUT2D eigenvalue weighted by Gasteiger charge is -2.12. The molecule has 1 atom stereocenters. The van der Waals surface area contributed by atoms with Gasteiger partial charge in [0.1, 0.15) is 5.78 Å². The van der Waals surface area contributed by atoms with Crippen LogP contribution in [0.4, 0.5) is 0 Å². The molecule has 0 aliphatic heterocycles. The molecule has 0 aliphatic carbocycles. The maximum atomic E-state index is 11.6. The third-order valence-electron chi connectivity index (χ3n) is 4.43. The van der Waals surface area contributed by atoms with Crippen LogP contribution in [0.15, 0.2) is 42.5 Å². The minimum atomic E-state index is -0.114. The van der Waals surface area contributed by atoms with Crippen LogP contribution in [0.5, 0.6) is 0 Å². The van der Waals surface area contributed by atoms with Crippen molar-refractivity contribution in [1.29, 1.82) is 0 Å². The first-order valence-corrected chi connectivity index (χ1v) is 7.83. The number of para-hydroxylation sites is 1. The first-order valence-electron chi connectivity index (χ1n) is 7.83. The Morgan fingerprint density at radius 2 is 1.86 bits per heavy atom. The van der Waals surface area contributed by atoms with Crippen LogP contribution >= 0.6 is 0 Å². The number of carbonyl (C=O) groups is 1. The first-order chi connectivity index (χ1) is 10.7. The molecule has 0 radical (unpaired) electrons. The molecular formula is C19H22N2O. The summed E-state index contributed by atoms with van der Waals surface area (Å²) in [7, 11) is 1.84. The van der Waals surface area contributed by atoms with E-state index in [0.29, 0.717) is 0 Å². The molecule has 0 saturated carbocycles. The molecule has 1 unspecified atom stereocenters. The van der Waals surface area contributed by atoms with E-state index in [-0.39, 0.29) is 11.8 Å². The zero-order valence-electron chi connectivity index (χ0n) is 13.4. The maximum absolute atomic E-state index is 11.6. The summed E-state index contributed by atoms with van der Waals surface area (Å²) >= 11 is 0. The monoisotopic (exact) mass is 294 g/mol. The smallest absolute Gasteiger partial charge is 0.147 e. The minimum Gasteiger partial charge on any atom is -0.341 e. The van der Waals surface area contributed by atoms with Crippen LogP contribution in [-0.4, -0.2) is 23.4 Å². The lowest BCUT2D eigenvalue weighted by atomic mass is 10.0. The van der Waals surface area contributed by atoms with Crippen molar-refractivity contribution in [3.05, 3.63) is 48.0 Å². The highest BCUT2D eigenvalue weighted by Gasteiger charge is 2.14. The van der Waals surface area contributed by atoms with Gasteiger partial charge in [-0.25, -0.2) is 0 Å². The number of aryl methyl sites for hydroxylation is 1. The second-order valence-electron chi connectivity index (χ2n) is 5.77. The van der Waals surface area contributed by atoms with E-state index < -0.39 is 0 Å². The van der Waals surface area contributed by atoms with Crippen LogP contribution in [0.3, 0.4) is 0 Å². The van der Waals surface area contributed by atoms with Gasteiger partial charge in [0.2, 0.25) is 0 Å². The molecule has 22 heavy (non-hydrogen) atoms. The molecule has 2 aromatic carbocycles. The molecule has 3 rings (SSSR count). The lowest BCUT2D eigenvalue weighted by Crippen LogP contribution is -2.34. The molecule has 3 nitrogen and oxygen atoms in total. The van der Waals surface area contributed by atoms with Crippen LogP contribution < -0.4 is 5.32 Å². The van der Waals surface area contributed by atoms with E-state index >= 15 is 0 Å². The number of hydrogen-bond acceptors (Lipinski definition) is 2. The summed E-state index contributed by atoms with van der Waals surface area (Å²) in [6.45, 7) is 4.77. The molecule has 1 aromatic heterocycles. The van der Waals surface area contributed by atoms with E-state index in [1.54, 1.807) is 6.92 Å². The molecule has 1 heterocycles. The van der Waals surface area contributed by atoms with Gasteiger partial charge in [0.25, 0.3) is 0 Å². The molecular weight excluding hydrogens is 272 g/mol. The number of nitrogens with zero attached hydrogens (tertiary/aromatic N) is 1. The predicted molar refractivity (Wildman–Crippen MR) is 92.4 cm³/mol. The van der Waals surface area contributed by atoms with E-state index in [1.807, 2.05) is 7.05 Å². The Morgan fingerprint density at radius 3 is 2.55 bits per heavy atom. The molecule has 0 fully saturated rings. The molecule has 1 N–H and O–H groups in total. The molecule has 3 heteroatoms. The summed E-state index contributed by atoms with van der Waals surface area (Å²) in [6.07, 6.45) is 0.730. The van der Waals surface area contributed by atoms with Gasteiger partial charge in [0.15, 0.2) is 0 Å². The summed E-state index contributed by atoms with van der Waals surface area (Å²) < 4.78 is 2.34. The lowest BCUT2D eigenvalue weighted by molar-refractivity contribution is -0.118. The van der Waals surface area contributed by atoms with Crippen molar-refractivity contribution in [3.8, 4) is 0 Å². The van der Waals surface area contributed by atoms with Crippen LogP contribution in [0.2, 0.25) is 0 Å². The molecule has 0 amide bonds. The van der Waals surface area contributed by atoms with E-state index in [2.05, 4.69) is 59.3 Å². The Morgan fingerprint density at radius 1 is 1.14 bits per heavy atom. The van der Waals surface area contributed by atoms with Crippen molar-refractivity contribution in [3.63, 3.8) is 0 Å². The number of benzene rings is 2. The number of carbonyl (C=O) groups excluding carboxylic acids is 1. The Bertz CT molecular complexity index is 832. The van der Waals surface area contributed by atoms with Gasteiger partial charge in [-0.1, -0.05) is 24.3 Å². The summed E-state index contributed by atoms with van der Waals surface area (Å²) in [4.78, 5) is 11.6. The van der Waals surface area contributed by atoms with Crippen LogP contribution in [-0.2, 0) is 17.8 Å². The number of aromatic nitrogens is 1. The molecule has 3 aromatic rings. The Labute approximate surface area is 130 Å². The average molecular weight is 294 g/mol. The number of ketones is 1. The Balaban J connectivity index is 2.13. The highest BCUT2D eigenvalue weighted by Crippen LogP contribution is 2.29. The zero-order chi connectivity index (χ0) is 15.7. The largest absolute Gasteiger partial charge is 0.341 e. The van der Waals surface area contributed by atoms with Gasteiger partial charge in [-0.15, -0.1) is 0 Å². The van der Waals surface area contributed by atoms with Crippen molar-refractivity contribution >= 4 is 27.6 Å². The molecule has 0 spiro atoms. The summed E-state index contributed by atoms with van der Waals surface area (Å²) in [5.41, 5.74) is 3.73. The van der Waals surface area contributed by atoms with Gasteiger partial charge < -0.3 is 9.88 Å². The van der Waals surface area contributed by atoms with Crippen molar-refractivity contribution in [2.75, 3.05) is 7.05 Å². The second kappa shape index (κ2) is 5.93. The molecule has 0 aliphatic rings. The van der Waals surface area contributed by atoms with Crippen molar-refractivity contribution < 1.29 is 4.79 Å². The summed E-state index contributed by atoms with van der Waals surface area (Å²) in [5, 5.41) is 5.65. The molecule has 114 valence electrons. The fraction of sp³-hybridized carbons (Fsp3) is 0.316. The van der Waals surface area contributed by atoms with E-state index in [9.17, 15) is 4.79 Å². The summed E-state index contributed by atoms with van der Waals surface area (Å²) in [6, 6.07) is 15.0. The summed E-state index contributed by atoms with van der Waals surface area (Å²) in [5.74, 6) is 0.179. The van der Waals surface area contributed by atoms with E-state index in [0.717, 1.165) is 13.0 Å². The third kappa shape index (κ3) is 2.42. The SMILES string of the molecule is CCn1c2ccccc2c2cc(CC(NC)C(C)=O)ccc21. The van der Waals surface area contributed by atoms with E-state index in [4.69, 9.17) is 0 Å². The number of likely N-dealkylation sites (N-methyl/N-ethyl adjacent to an activating group) is 1. The Hall–Kier alpha value is -2.13. The standard InChI is InChI=1S/C19H22N2O/c1-4-21-18-8-6-5-7-15(18)16-11-14(9-10-19(16)21)12-17(20-3)13(2)22/h5-11,17,20H,4,12H2,1-3H3.